The van der Waals surface area contributed by atoms with Crippen molar-refractivity contribution in [2.45, 2.75) is 58.0 Å². The predicted molar refractivity (Wildman–Crippen MR) is 117 cm³/mol. The summed E-state index contributed by atoms with van der Waals surface area (Å²) in [5.74, 6) is -0.604. The number of ether oxygens (including phenoxy) is 1. The van der Waals surface area contributed by atoms with Crippen molar-refractivity contribution in [3.8, 4) is 0 Å². The molecule has 1 N–H and O–H groups in total. The highest BCUT2D eigenvalue weighted by atomic mass is 19.1. The number of fused-ring (bicyclic) bond motifs is 1. The van der Waals surface area contributed by atoms with Crippen LogP contribution in [0.5, 0.6) is 0 Å². The van der Waals surface area contributed by atoms with Crippen molar-refractivity contribution in [2.24, 2.45) is 5.92 Å². The summed E-state index contributed by atoms with van der Waals surface area (Å²) in [6.07, 6.45) is 3.11. The van der Waals surface area contributed by atoms with Crippen LogP contribution < -0.4 is 10.2 Å². The van der Waals surface area contributed by atoms with Gasteiger partial charge in [0.25, 0.3) is 0 Å². The molecule has 0 saturated heterocycles. The molecule has 1 atom stereocenters. The number of pyridine rings is 1. The SMILES string of the molecule is CC(C)(C)OC(=O)N1CCCc2nc(C(C(=O)Nc3ccc(F)cc3)C3CC3)ccc21. The fourth-order valence-electron chi connectivity index (χ4n) is 3.92. The van der Waals surface area contributed by atoms with E-state index >= 15 is 0 Å². The lowest BCUT2D eigenvalue weighted by Gasteiger charge is -2.31. The first-order valence-corrected chi connectivity index (χ1v) is 10.8. The molecule has 1 fully saturated rings. The van der Waals surface area contributed by atoms with Crippen LogP contribution in [0.15, 0.2) is 36.4 Å². The average Bonchev–Trinajstić information content (AvgIpc) is 3.53. The molecule has 31 heavy (non-hydrogen) atoms. The number of aromatic nitrogens is 1. The smallest absolute Gasteiger partial charge is 0.414 e. The fourth-order valence-corrected chi connectivity index (χ4v) is 3.92. The van der Waals surface area contributed by atoms with Crippen LogP contribution in [-0.4, -0.2) is 29.1 Å². The number of rotatable bonds is 4. The maximum absolute atomic E-state index is 13.2. The number of aryl methyl sites for hydroxylation is 1. The molecule has 164 valence electrons. The first kappa shape index (κ1) is 21.3. The van der Waals surface area contributed by atoms with E-state index in [1.165, 1.54) is 12.1 Å². The van der Waals surface area contributed by atoms with Crippen LogP contribution >= 0.6 is 0 Å². The summed E-state index contributed by atoms with van der Waals surface area (Å²) in [5.41, 5.74) is 2.27. The standard InChI is InChI=1S/C24H28FN3O3/c1-24(2,3)31-23(30)28-14-4-5-18-20(28)13-12-19(27-18)21(15-6-7-15)22(29)26-17-10-8-16(25)9-11-17/h8-13,15,21H,4-7,14H2,1-3H3,(H,26,29). The molecule has 2 aliphatic rings. The second kappa shape index (κ2) is 8.29. The van der Waals surface area contributed by atoms with Crippen molar-refractivity contribution in [1.29, 1.82) is 0 Å². The third-order valence-corrected chi connectivity index (χ3v) is 5.48. The number of anilines is 2. The van der Waals surface area contributed by atoms with Gasteiger partial charge in [-0.05, 0) is 88.8 Å². The molecule has 1 aromatic heterocycles. The Morgan fingerprint density at radius 3 is 2.52 bits per heavy atom. The van der Waals surface area contributed by atoms with Crippen molar-refractivity contribution in [1.82, 2.24) is 4.98 Å². The number of nitrogens with one attached hydrogen (secondary N) is 1. The molecule has 0 spiro atoms. The highest BCUT2D eigenvalue weighted by molar-refractivity contribution is 5.96. The summed E-state index contributed by atoms with van der Waals surface area (Å²) in [7, 11) is 0. The summed E-state index contributed by atoms with van der Waals surface area (Å²) in [6.45, 7) is 6.12. The zero-order chi connectivity index (χ0) is 22.2. The van der Waals surface area contributed by atoms with Crippen LogP contribution in [-0.2, 0) is 16.0 Å². The number of halogens is 1. The first-order chi connectivity index (χ1) is 14.7. The normalized spacial score (nSPS) is 17.0. The fraction of sp³-hybridized carbons (Fsp3) is 0.458. The molecule has 1 aromatic carbocycles. The van der Waals surface area contributed by atoms with Gasteiger partial charge in [0, 0.05) is 12.2 Å². The maximum atomic E-state index is 13.2. The van der Waals surface area contributed by atoms with Gasteiger partial charge in [-0.15, -0.1) is 0 Å². The van der Waals surface area contributed by atoms with Crippen LogP contribution in [0.1, 0.15) is 57.3 Å². The van der Waals surface area contributed by atoms with E-state index in [0.717, 1.165) is 37.1 Å². The number of carbonyl (C=O) groups is 2. The molecule has 7 heteroatoms. The molecule has 2 aromatic rings. The Kier molecular flexibility index (Phi) is 5.69. The van der Waals surface area contributed by atoms with Gasteiger partial charge in [0.1, 0.15) is 11.4 Å². The van der Waals surface area contributed by atoms with E-state index in [1.807, 2.05) is 32.9 Å². The third kappa shape index (κ3) is 5.03. The van der Waals surface area contributed by atoms with E-state index in [2.05, 4.69) is 5.32 Å². The van der Waals surface area contributed by atoms with Gasteiger partial charge in [0.15, 0.2) is 0 Å². The molecule has 1 aliphatic carbocycles. The van der Waals surface area contributed by atoms with Gasteiger partial charge in [0.2, 0.25) is 5.91 Å². The molecule has 4 rings (SSSR count). The minimum absolute atomic E-state index is 0.138. The molecule has 1 aliphatic heterocycles. The van der Waals surface area contributed by atoms with Crippen molar-refractivity contribution >= 4 is 23.4 Å². The number of amides is 2. The second-order valence-electron chi connectivity index (χ2n) is 9.25. The predicted octanol–water partition coefficient (Wildman–Crippen LogP) is 5.04. The number of carbonyl (C=O) groups excluding carboxylic acids is 2. The van der Waals surface area contributed by atoms with Gasteiger partial charge in [-0.3, -0.25) is 14.7 Å². The monoisotopic (exact) mass is 425 g/mol. The maximum Gasteiger partial charge on any atom is 0.414 e. The van der Waals surface area contributed by atoms with E-state index in [-0.39, 0.29) is 29.7 Å². The molecule has 1 unspecified atom stereocenters. The van der Waals surface area contributed by atoms with Crippen LogP contribution in [0.2, 0.25) is 0 Å². The van der Waals surface area contributed by atoms with Crippen molar-refractivity contribution in [2.75, 3.05) is 16.8 Å². The molecule has 1 saturated carbocycles. The van der Waals surface area contributed by atoms with Crippen LogP contribution in [0.3, 0.4) is 0 Å². The zero-order valence-electron chi connectivity index (χ0n) is 18.2. The summed E-state index contributed by atoms with van der Waals surface area (Å²) in [6, 6.07) is 9.47. The van der Waals surface area contributed by atoms with E-state index in [9.17, 15) is 14.0 Å². The summed E-state index contributed by atoms with van der Waals surface area (Å²) < 4.78 is 18.7. The van der Waals surface area contributed by atoms with Gasteiger partial charge in [0.05, 0.1) is 23.0 Å². The minimum atomic E-state index is -0.572. The molecule has 0 radical (unpaired) electrons. The van der Waals surface area contributed by atoms with Gasteiger partial charge >= 0.3 is 6.09 Å². The highest BCUT2D eigenvalue weighted by Gasteiger charge is 2.39. The van der Waals surface area contributed by atoms with Gasteiger partial charge < -0.3 is 10.1 Å². The molecule has 2 amide bonds. The number of hydrogen-bond acceptors (Lipinski definition) is 4. The molecule has 2 heterocycles. The van der Waals surface area contributed by atoms with E-state index in [0.29, 0.717) is 17.9 Å². The van der Waals surface area contributed by atoms with E-state index < -0.39 is 5.60 Å². The lowest BCUT2D eigenvalue weighted by Crippen LogP contribution is -2.40. The minimum Gasteiger partial charge on any atom is -0.443 e. The average molecular weight is 426 g/mol. The number of hydrogen-bond donors (Lipinski definition) is 1. The Labute approximate surface area is 181 Å². The molecule has 0 bridgehead atoms. The third-order valence-electron chi connectivity index (χ3n) is 5.48. The summed E-state index contributed by atoms with van der Waals surface area (Å²) in [5, 5.41) is 2.89. The highest BCUT2D eigenvalue weighted by Crippen LogP contribution is 2.43. The number of benzene rings is 1. The lowest BCUT2D eigenvalue weighted by atomic mass is 9.96. The van der Waals surface area contributed by atoms with E-state index in [1.54, 1.807) is 17.0 Å². The largest absolute Gasteiger partial charge is 0.443 e. The molecular weight excluding hydrogens is 397 g/mol. The second-order valence-corrected chi connectivity index (χ2v) is 9.25. The quantitative estimate of drug-likeness (QED) is 0.745. The van der Waals surface area contributed by atoms with Crippen molar-refractivity contribution in [3.63, 3.8) is 0 Å². The van der Waals surface area contributed by atoms with Gasteiger partial charge in [-0.2, -0.15) is 0 Å². The summed E-state index contributed by atoms with van der Waals surface area (Å²) >= 11 is 0. The van der Waals surface area contributed by atoms with Crippen LogP contribution in [0.4, 0.5) is 20.6 Å². The Balaban J connectivity index is 1.56. The van der Waals surface area contributed by atoms with E-state index in [4.69, 9.17) is 9.72 Å². The Morgan fingerprint density at radius 2 is 1.87 bits per heavy atom. The van der Waals surface area contributed by atoms with Crippen molar-refractivity contribution < 1.29 is 18.7 Å². The van der Waals surface area contributed by atoms with Crippen LogP contribution in [0.25, 0.3) is 0 Å². The molecule has 6 nitrogen and oxygen atoms in total. The Hall–Kier alpha value is -2.96. The van der Waals surface area contributed by atoms with Gasteiger partial charge in [-0.1, -0.05) is 0 Å². The van der Waals surface area contributed by atoms with Gasteiger partial charge in [-0.25, -0.2) is 9.18 Å². The Morgan fingerprint density at radius 1 is 1.16 bits per heavy atom. The summed E-state index contributed by atoms with van der Waals surface area (Å²) in [4.78, 5) is 32.1. The lowest BCUT2D eigenvalue weighted by molar-refractivity contribution is -0.118. The van der Waals surface area contributed by atoms with Crippen LogP contribution in [0, 0.1) is 11.7 Å². The molecular formula is C24H28FN3O3. The zero-order valence-corrected chi connectivity index (χ0v) is 18.2. The Bertz CT molecular complexity index is 981. The number of nitrogens with zero attached hydrogens (tertiary/aromatic N) is 2. The topological polar surface area (TPSA) is 71.5 Å². The van der Waals surface area contributed by atoms with Crippen molar-refractivity contribution in [3.05, 3.63) is 53.6 Å². The first-order valence-electron chi connectivity index (χ1n) is 10.8.